The number of fused-ring (bicyclic) bond motifs is 1. The van der Waals surface area contributed by atoms with Crippen LogP contribution in [-0.4, -0.2) is 13.2 Å². The van der Waals surface area contributed by atoms with Gasteiger partial charge in [0.25, 0.3) is 0 Å². The molecule has 1 saturated carbocycles. The number of hydrogen-bond donors (Lipinski definition) is 0. The van der Waals surface area contributed by atoms with Crippen LogP contribution in [0.5, 0.6) is 11.5 Å². The number of rotatable bonds is 3. The second-order valence-corrected chi connectivity index (χ2v) is 6.62. The fraction of sp³-hybridized carbons (Fsp3) is 0.538. The molecular formula is C13H14Br2O2. The maximum absolute atomic E-state index is 5.62. The summed E-state index contributed by atoms with van der Waals surface area (Å²) in [7, 11) is 0. The predicted molar refractivity (Wildman–Crippen MR) is 74.1 cm³/mol. The van der Waals surface area contributed by atoms with E-state index in [4.69, 9.17) is 9.47 Å². The minimum Gasteiger partial charge on any atom is -0.486 e. The van der Waals surface area contributed by atoms with Crippen molar-refractivity contribution in [2.45, 2.75) is 24.1 Å². The Hall–Kier alpha value is -0.220. The third-order valence-corrected chi connectivity index (χ3v) is 4.79. The highest BCUT2D eigenvalue weighted by Gasteiger charge is 2.27. The van der Waals surface area contributed by atoms with Gasteiger partial charge in [0.15, 0.2) is 11.5 Å². The lowest BCUT2D eigenvalue weighted by atomic mass is 10.1. The van der Waals surface area contributed by atoms with Crippen molar-refractivity contribution in [3.05, 3.63) is 22.2 Å². The highest BCUT2D eigenvalue weighted by molar-refractivity contribution is 9.11. The van der Waals surface area contributed by atoms with Gasteiger partial charge in [-0.25, -0.2) is 0 Å². The lowest BCUT2D eigenvalue weighted by Gasteiger charge is -2.21. The molecule has 1 atom stereocenters. The Morgan fingerprint density at radius 2 is 1.82 bits per heavy atom. The van der Waals surface area contributed by atoms with E-state index in [-0.39, 0.29) is 0 Å². The summed E-state index contributed by atoms with van der Waals surface area (Å²) in [6.07, 6.45) is 3.97. The molecule has 0 saturated heterocycles. The number of ether oxygens (including phenoxy) is 2. The van der Waals surface area contributed by atoms with E-state index in [0.29, 0.717) is 18.0 Å². The first-order valence-corrected chi connectivity index (χ1v) is 7.68. The summed E-state index contributed by atoms with van der Waals surface area (Å²) >= 11 is 7.40. The first-order valence-electron chi connectivity index (χ1n) is 5.97. The van der Waals surface area contributed by atoms with Crippen molar-refractivity contribution in [3.8, 4) is 11.5 Å². The van der Waals surface area contributed by atoms with Gasteiger partial charge in [-0.15, -0.1) is 0 Å². The second-order valence-electron chi connectivity index (χ2n) is 4.66. The van der Waals surface area contributed by atoms with Gasteiger partial charge < -0.3 is 9.47 Å². The Kier molecular flexibility index (Phi) is 3.35. The highest BCUT2D eigenvalue weighted by Crippen LogP contribution is 2.45. The summed E-state index contributed by atoms with van der Waals surface area (Å²) in [5.74, 6) is 2.62. The molecule has 0 aromatic heterocycles. The smallest absolute Gasteiger partial charge is 0.162 e. The molecule has 0 amide bonds. The van der Waals surface area contributed by atoms with Crippen LogP contribution in [0.15, 0.2) is 16.6 Å². The minimum atomic E-state index is 0.403. The lowest BCUT2D eigenvalue weighted by molar-refractivity contribution is 0.171. The number of benzene rings is 1. The van der Waals surface area contributed by atoms with Crippen molar-refractivity contribution in [1.82, 2.24) is 0 Å². The molecule has 1 aliphatic heterocycles. The van der Waals surface area contributed by atoms with Crippen LogP contribution < -0.4 is 9.47 Å². The van der Waals surface area contributed by atoms with Crippen LogP contribution >= 0.6 is 31.9 Å². The van der Waals surface area contributed by atoms with Crippen LogP contribution in [0.25, 0.3) is 0 Å². The molecule has 1 unspecified atom stereocenters. The SMILES string of the molecule is Brc1cc2c(cc1C(Br)CC1CC1)OCCO2. The molecular weight excluding hydrogens is 348 g/mol. The summed E-state index contributed by atoms with van der Waals surface area (Å²) in [4.78, 5) is 0.403. The molecule has 0 radical (unpaired) electrons. The molecule has 1 aromatic rings. The Morgan fingerprint density at radius 1 is 1.18 bits per heavy atom. The molecule has 3 rings (SSSR count). The van der Waals surface area contributed by atoms with Gasteiger partial charge in [0.05, 0.1) is 0 Å². The van der Waals surface area contributed by atoms with Crippen molar-refractivity contribution in [2.75, 3.05) is 13.2 Å². The molecule has 1 heterocycles. The van der Waals surface area contributed by atoms with Gasteiger partial charge >= 0.3 is 0 Å². The number of hydrogen-bond acceptors (Lipinski definition) is 2. The quantitative estimate of drug-likeness (QED) is 0.740. The molecule has 1 fully saturated rings. The summed E-state index contributed by atoms with van der Waals surface area (Å²) in [6.45, 7) is 1.28. The van der Waals surface area contributed by atoms with Crippen LogP contribution in [0.1, 0.15) is 29.7 Å². The van der Waals surface area contributed by atoms with Gasteiger partial charge in [-0.05, 0) is 30.0 Å². The summed E-state index contributed by atoms with van der Waals surface area (Å²) in [5, 5.41) is 0. The van der Waals surface area contributed by atoms with E-state index in [0.717, 1.165) is 21.9 Å². The van der Waals surface area contributed by atoms with Gasteiger partial charge in [-0.3, -0.25) is 0 Å². The van der Waals surface area contributed by atoms with Gasteiger partial charge in [-0.1, -0.05) is 44.7 Å². The molecule has 92 valence electrons. The molecule has 17 heavy (non-hydrogen) atoms. The summed E-state index contributed by atoms with van der Waals surface area (Å²) in [6, 6.07) is 4.12. The van der Waals surface area contributed by atoms with E-state index < -0.39 is 0 Å². The predicted octanol–water partition coefficient (Wildman–Crippen LogP) is 4.46. The third-order valence-electron chi connectivity index (χ3n) is 3.24. The van der Waals surface area contributed by atoms with Crippen molar-refractivity contribution in [3.63, 3.8) is 0 Å². The van der Waals surface area contributed by atoms with Gasteiger partial charge in [0, 0.05) is 9.30 Å². The number of alkyl halides is 1. The minimum absolute atomic E-state index is 0.403. The number of halogens is 2. The van der Waals surface area contributed by atoms with Crippen molar-refractivity contribution < 1.29 is 9.47 Å². The molecule has 1 aliphatic carbocycles. The standard InChI is InChI=1S/C13H14Br2O2/c14-10(5-8-1-2-8)9-6-12-13(7-11(9)15)17-4-3-16-12/h6-8,10H,1-5H2. The van der Waals surface area contributed by atoms with Crippen molar-refractivity contribution >= 4 is 31.9 Å². The zero-order valence-electron chi connectivity index (χ0n) is 9.42. The largest absolute Gasteiger partial charge is 0.486 e. The molecule has 2 nitrogen and oxygen atoms in total. The molecule has 0 N–H and O–H groups in total. The Labute approximate surface area is 118 Å². The van der Waals surface area contributed by atoms with E-state index in [1.165, 1.54) is 24.8 Å². The van der Waals surface area contributed by atoms with Gasteiger partial charge in [-0.2, -0.15) is 0 Å². The van der Waals surface area contributed by atoms with Crippen LogP contribution in [0.3, 0.4) is 0 Å². The van der Waals surface area contributed by atoms with Crippen LogP contribution in [0, 0.1) is 5.92 Å². The molecule has 2 aliphatic rings. The summed E-state index contributed by atoms with van der Waals surface area (Å²) in [5.41, 5.74) is 1.26. The third kappa shape index (κ3) is 2.63. The average Bonchev–Trinajstić information content (AvgIpc) is 3.12. The molecule has 4 heteroatoms. The first-order chi connectivity index (χ1) is 8.24. The van der Waals surface area contributed by atoms with E-state index in [1.807, 2.05) is 6.07 Å². The average molecular weight is 362 g/mol. The van der Waals surface area contributed by atoms with Crippen molar-refractivity contribution in [2.24, 2.45) is 5.92 Å². The zero-order chi connectivity index (χ0) is 11.8. The maximum atomic E-state index is 5.62. The highest BCUT2D eigenvalue weighted by atomic mass is 79.9. The Bertz CT molecular complexity index is 430. The van der Waals surface area contributed by atoms with E-state index >= 15 is 0 Å². The Morgan fingerprint density at radius 3 is 2.47 bits per heavy atom. The molecule has 1 aromatic carbocycles. The second kappa shape index (κ2) is 4.81. The normalized spacial score (nSPS) is 20.1. The van der Waals surface area contributed by atoms with E-state index in [2.05, 4.69) is 37.9 Å². The van der Waals surface area contributed by atoms with Crippen LogP contribution in [0.4, 0.5) is 0 Å². The topological polar surface area (TPSA) is 18.5 Å². The zero-order valence-corrected chi connectivity index (χ0v) is 12.6. The monoisotopic (exact) mass is 360 g/mol. The van der Waals surface area contributed by atoms with Gasteiger partial charge in [0.2, 0.25) is 0 Å². The van der Waals surface area contributed by atoms with Crippen molar-refractivity contribution in [1.29, 1.82) is 0 Å². The first kappa shape index (κ1) is 11.8. The lowest BCUT2D eigenvalue weighted by Crippen LogP contribution is -2.15. The fourth-order valence-electron chi connectivity index (χ4n) is 2.09. The Balaban J connectivity index is 1.87. The molecule has 0 spiro atoms. The van der Waals surface area contributed by atoms with Crippen LogP contribution in [0.2, 0.25) is 0 Å². The van der Waals surface area contributed by atoms with E-state index in [1.54, 1.807) is 0 Å². The van der Waals surface area contributed by atoms with E-state index in [9.17, 15) is 0 Å². The summed E-state index contributed by atoms with van der Waals surface area (Å²) < 4.78 is 12.3. The molecule has 0 bridgehead atoms. The van der Waals surface area contributed by atoms with Gasteiger partial charge in [0.1, 0.15) is 13.2 Å². The fourth-order valence-corrected chi connectivity index (χ4v) is 3.91. The maximum Gasteiger partial charge on any atom is 0.162 e. The van der Waals surface area contributed by atoms with Crippen LogP contribution in [-0.2, 0) is 0 Å².